The van der Waals surface area contributed by atoms with Gasteiger partial charge in [0.25, 0.3) is 0 Å². The summed E-state index contributed by atoms with van der Waals surface area (Å²) < 4.78 is 5.58. The lowest BCUT2D eigenvalue weighted by Crippen LogP contribution is -2.53. The van der Waals surface area contributed by atoms with Crippen LogP contribution in [-0.2, 0) is 14.3 Å². The number of carboxylic acids is 1. The van der Waals surface area contributed by atoms with Gasteiger partial charge in [-0.15, -0.1) is 0 Å². The number of ether oxygens (including phenoxy) is 1. The van der Waals surface area contributed by atoms with Gasteiger partial charge in [0.1, 0.15) is 18.7 Å². The predicted octanol–water partition coefficient (Wildman–Crippen LogP) is 4.87. The third-order valence-corrected chi connectivity index (χ3v) is 6.49. The van der Waals surface area contributed by atoms with E-state index in [9.17, 15) is 19.5 Å². The quantitative estimate of drug-likeness (QED) is 0.423. The van der Waals surface area contributed by atoms with Gasteiger partial charge in [0.15, 0.2) is 0 Å². The van der Waals surface area contributed by atoms with Gasteiger partial charge in [0.05, 0.1) is 0 Å². The summed E-state index contributed by atoms with van der Waals surface area (Å²) in [7, 11) is 0. The number of alkyl carbamates (subject to hydrolysis) is 1. The summed E-state index contributed by atoms with van der Waals surface area (Å²) in [5, 5.41) is 14.7. The summed E-state index contributed by atoms with van der Waals surface area (Å²) in [6, 6.07) is 14.1. The summed E-state index contributed by atoms with van der Waals surface area (Å²) in [6.07, 6.45) is 1.93. The van der Waals surface area contributed by atoms with Gasteiger partial charge in [-0.05, 0) is 48.4 Å². The predicted molar refractivity (Wildman–Crippen MR) is 135 cm³/mol. The first-order valence-electron chi connectivity index (χ1n) is 12.0. The van der Waals surface area contributed by atoms with Gasteiger partial charge in [0.2, 0.25) is 5.91 Å². The summed E-state index contributed by atoms with van der Waals surface area (Å²) in [4.78, 5) is 37.3. The van der Waals surface area contributed by atoms with Crippen molar-refractivity contribution >= 4 is 18.0 Å². The van der Waals surface area contributed by atoms with Gasteiger partial charge in [0, 0.05) is 5.92 Å². The molecule has 3 rings (SSSR count). The number of nitrogens with one attached hydrogen (secondary N) is 2. The maximum Gasteiger partial charge on any atom is 0.407 e. The van der Waals surface area contributed by atoms with Crippen LogP contribution < -0.4 is 10.6 Å². The molecule has 7 nitrogen and oxygen atoms in total. The van der Waals surface area contributed by atoms with Gasteiger partial charge >= 0.3 is 12.1 Å². The van der Waals surface area contributed by atoms with Crippen LogP contribution in [0.2, 0.25) is 0 Å². The zero-order valence-electron chi connectivity index (χ0n) is 20.7. The van der Waals surface area contributed by atoms with Crippen LogP contribution in [0.4, 0.5) is 4.79 Å². The first-order valence-corrected chi connectivity index (χ1v) is 12.0. The minimum atomic E-state index is -1.10. The van der Waals surface area contributed by atoms with E-state index in [4.69, 9.17) is 4.74 Å². The Bertz CT molecular complexity index is 1060. The van der Waals surface area contributed by atoms with E-state index in [-0.39, 0.29) is 24.9 Å². The first kappa shape index (κ1) is 26.0. The molecule has 2 aromatic carbocycles. The second-order valence-electron chi connectivity index (χ2n) is 9.25. The highest BCUT2D eigenvalue weighted by molar-refractivity contribution is 5.89. The summed E-state index contributed by atoms with van der Waals surface area (Å²) in [6.45, 7) is 7.54. The molecule has 2 unspecified atom stereocenters. The number of carbonyl (C=O) groups excluding carboxylic acids is 2. The molecule has 3 atom stereocenters. The second kappa shape index (κ2) is 11.7. The Morgan fingerprint density at radius 2 is 1.57 bits per heavy atom. The fraction of sp³-hybridized carbons (Fsp3) is 0.393. The van der Waals surface area contributed by atoms with Crippen molar-refractivity contribution in [2.24, 2.45) is 5.92 Å². The summed E-state index contributed by atoms with van der Waals surface area (Å²) in [5.74, 6) is -2.01. The maximum absolute atomic E-state index is 12.9. The third kappa shape index (κ3) is 6.29. The molecule has 3 N–H and O–H groups in total. The van der Waals surface area contributed by atoms with Gasteiger partial charge in [-0.2, -0.15) is 0 Å². The number of aliphatic carboxylic acids is 1. The summed E-state index contributed by atoms with van der Waals surface area (Å²) in [5.41, 5.74) is 5.43. The second-order valence-corrected chi connectivity index (χ2v) is 9.25. The Morgan fingerprint density at radius 1 is 1.00 bits per heavy atom. The topological polar surface area (TPSA) is 105 Å². The van der Waals surface area contributed by atoms with Gasteiger partial charge in [-0.3, -0.25) is 4.79 Å². The lowest BCUT2D eigenvalue weighted by Gasteiger charge is -2.24. The van der Waals surface area contributed by atoms with Crippen molar-refractivity contribution in [1.29, 1.82) is 0 Å². The van der Waals surface area contributed by atoms with Crippen LogP contribution in [0.15, 0.2) is 60.2 Å². The fourth-order valence-electron chi connectivity index (χ4n) is 4.30. The molecular formula is C28H34N2O5. The highest BCUT2D eigenvalue weighted by atomic mass is 16.5. The van der Waals surface area contributed by atoms with E-state index in [1.54, 1.807) is 6.92 Å². The van der Waals surface area contributed by atoms with E-state index in [1.165, 1.54) is 0 Å². The van der Waals surface area contributed by atoms with Crippen LogP contribution in [0.1, 0.15) is 57.6 Å². The number of allylic oxidation sites excluding steroid dienone is 1. The molecule has 0 saturated heterocycles. The van der Waals surface area contributed by atoms with Crippen molar-refractivity contribution in [2.45, 2.75) is 58.5 Å². The first-order chi connectivity index (χ1) is 16.7. The molecule has 0 saturated carbocycles. The summed E-state index contributed by atoms with van der Waals surface area (Å²) >= 11 is 0. The molecule has 2 aromatic rings. The molecule has 1 aliphatic carbocycles. The molecule has 0 bridgehead atoms. The van der Waals surface area contributed by atoms with Gasteiger partial charge in [-0.25, -0.2) is 9.59 Å². The zero-order chi connectivity index (χ0) is 25.5. The van der Waals surface area contributed by atoms with Crippen LogP contribution in [0.3, 0.4) is 0 Å². The van der Waals surface area contributed by atoms with Crippen LogP contribution in [0, 0.1) is 5.92 Å². The number of rotatable bonds is 10. The number of benzene rings is 2. The Kier molecular flexibility index (Phi) is 8.68. The van der Waals surface area contributed by atoms with E-state index in [0.29, 0.717) is 6.42 Å². The van der Waals surface area contributed by atoms with E-state index in [1.807, 2.05) is 63.2 Å². The average Bonchev–Trinajstić information content (AvgIpc) is 3.16. The molecule has 0 aliphatic heterocycles. The van der Waals surface area contributed by atoms with Gasteiger partial charge in [-0.1, -0.05) is 80.4 Å². The number of carboxylic acid groups (broad SMARTS) is 1. The van der Waals surface area contributed by atoms with Crippen LogP contribution in [-0.4, -0.2) is 41.8 Å². The molecule has 0 radical (unpaired) electrons. The molecular weight excluding hydrogens is 444 g/mol. The number of carbonyl (C=O) groups is 3. The Hall–Kier alpha value is -3.61. The molecule has 0 heterocycles. The molecule has 186 valence electrons. The lowest BCUT2D eigenvalue weighted by atomic mass is 9.98. The monoisotopic (exact) mass is 478 g/mol. The van der Waals surface area contributed by atoms with Crippen LogP contribution in [0.25, 0.3) is 11.1 Å². The highest BCUT2D eigenvalue weighted by Gasteiger charge is 2.31. The number of amides is 2. The van der Waals surface area contributed by atoms with E-state index in [0.717, 1.165) is 27.8 Å². The van der Waals surface area contributed by atoms with Crippen molar-refractivity contribution in [1.82, 2.24) is 10.6 Å². The van der Waals surface area contributed by atoms with E-state index in [2.05, 4.69) is 22.8 Å². The Morgan fingerprint density at radius 3 is 2.09 bits per heavy atom. The highest BCUT2D eigenvalue weighted by Crippen LogP contribution is 2.44. The van der Waals surface area contributed by atoms with Crippen molar-refractivity contribution < 1.29 is 24.2 Å². The number of hydrogen-bond donors (Lipinski definition) is 3. The van der Waals surface area contributed by atoms with Crippen molar-refractivity contribution in [3.8, 4) is 11.1 Å². The third-order valence-electron chi connectivity index (χ3n) is 6.49. The van der Waals surface area contributed by atoms with Crippen molar-refractivity contribution in [3.05, 3.63) is 71.3 Å². The average molecular weight is 479 g/mol. The fourth-order valence-corrected chi connectivity index (χ4v) is 4.30. The Balaban J connectivity index is 1.70. The minimum Gasteiger partial charge on any atom is -0.480 e. The molecule has 1 aliphatic rings. The van der Waals surface area contributed by atoms with Crippen LogP contribution >= 0.6 is 0 Å². The largest absolute Gasteiger partial charge is 0.480 e. The molecule has 2 amide bonds. The normalized spacial score (nSPS) is 14.6. The minimum absolute atomic E-state index is 0.0972. The van der Waals surface area contributed by atoms with E-state index < -0.39 is 30.1 Å². The number of fused-ring (bicyclic) bond motifs is 3. The Labute approximate surface area is 206 Å². The lowest BCUT2D eigenvalue weighted by molar-refractivity contribution is -0.143. The maximum atomic E-state index is 12.9. The van der Waals surface area contributed by atoms with Crippen LogP contribution in [0.5, 0.6) is 0 Å². The molecule has 0 aromatic heterocycles. The molecule has 0 fully saturated rings. The molecule has 0 spiro atoms. The standard InChI is InChI=1S/C28H34N2O5/c1-5-18(4)25(27(32)33)30-26(31)24(15-14-17(2)3)29-28(34)35-16-23-21-12-8-6-10-19(21)20-11-7-9-13-22(20)23/h6-14,18,23-25H,5,15-16H2,1-4H3,(H,29,34)(H,30,31)(H,32,33)/t18?,24?,25-/m0/s1. The molecule has 35 heavy (non-hydrogen) atoms. The zero-order valence-corrected chi connectivity index (χ0v) is 20.7. The number of hydrogen-bond acceptors (Lipinski definition) is 4. The van der Waals surface area contributed by atoms with E-state index >= 15 is 0 Å². The smallest absolute Gasteiger partial charge is 0.407 e. The molecule has 7 heteroatoms. The SMILES string of the molecule is CCC(C)[C@H](NC(=O)C(CC=C(C)C)NC(=O)OCC1c2ccccc2-c2ccccc21)C(=O)O. The van der Waals surface area contributed by atoms with Gasteiger partial charge < -0.3 is 20.5 Å². The van der Waals surface area contributed by atoms with Crippen molar-refractivity contribution in [3.63, 3.8) is 0 Å². The van der Waals surface area contributed by atoms with Crippen molar-refractivity contribution in [2.75, 3.05) is 6.61 Å².